The lowest BCUT2D eigenvalue weighted by atomic mass is 10.1. The van der Waals surface area contributed by atoms with Crippen LogP contribution in [0.5, 0.6) is 0 Å². The second-order valence-electron chi connectivity index (χ2n) is 7.41. The highest BCUT2D eigenvalue weighted by Crippen LogP contribution is 2.23. The van der Waals surface area contributed by atoms with E-state index in [0.29, 0.717) is 25.2 Å². The minimum absolute atomic E-state index is 0.0820. The highest BCUT2D eigenvalue weighted by atomic mass is 32.2. The van der Waals surface area contributed by atoms with Crippen LogP contribution in [0, 0.1) is 17.0 Å². The Balaban J connectivity index is 1.59. The maximum absolute atomic E-state index is 12.7. The van der Waals surface area contributed by atoms with Crippen LogP contribution in [0.3, 0.4) is 0 Å². The Morgan fingerprint density at radius 2 is 1.77 bits per heavy atom. The van der Waals surface area contributed by atoms with E-state index in [1.807, 2.05) is 0 Å². The molecular weight excluding hydrogens is 406 g/mol. The molecule has 30 heavy (non-hydrogen) atoms. The fourth-order valence-corrected chi connectivity index (χ4v) is 4.93. The van der Waals surface area contributed by atoms with Crippen LogP contribution in [0.1, 0.15) is 36.8 Å². The molecule has 2 aromatic carbocycles. The molecule has 0 atom stereocenters. The van der Waals surface area contributed by atoms with E-state index in [1.165, 1.54) is 16.4 Å². The molecule has 1 N–H and O–H groups in total. The summed E-state index contributed by atoms with van der Waals surface area (Å²) >= 11 is 0. The molecule has 9 heteroatoms. The number of anilines is 1. The highest BCUT2D eigenvalue weighted by molar-refractivity contribution is 7.89. The van der Waals surface area contributed by atoms with Crippen LogP contribution < -0.4 is 5.32 Å². The average molecular weight is 432 g/mol. The maximum atomic E-state index is 12.7. The summed E-state index contributed by atoms with van der Waals surface area (Å²) in [5, 5.41) is 13.6. The van der Waals surface area contributed by atoms with Gasteiger partial charge in [-0.3, -0.25) is 14.9 Å². The molecule has 0 aliphatic carbocycles. The SMILES string of the molecule is Cc1ccc([N+](=O)[O-])cc1NC(=O)CCc1ccc(S(=O)(=O)N2CCCCC2)cc1. The summed E-state index contributed by atoms with van der Waals surface area (Å²) < 4.78 is 26.9. The number of piperidine rings is 1. The number of hydrogen-bond donors (Lipinski definition) is 1. The number of carbonyl (C=O) groups is 1. The summed E-state index contributed by atoms with van der Waals surface area (Å²) in [7, 11) is -3.47. The third kappa shape index (κ3) is 5.22. The van der Waals surface area contributed by atoms with Crippen LogP contribution in [0.2, 0.25) is 0 Å². The number of benzene rings is 2. The first-order valence-electron chi connectivity index (χ1n) is 9.91. The smallest absolute Gasteiger partial charge is 0.271 e. The van der Waals surface area contributed by atoms with Gasteiger partial charge < -0.3 is 5.32 Å². The monoisotopic (exact) mass is 431 g/mol. The van der Waals surface area contributed by atoms with Crippen molar-refractivity contribution in [1.29, 1.82) is 0 Å². The molecule has 1 amide bonds. The predicted molar refractivity (Wildman–Crippen MR) is 114 cm³/mol. The van der Waals surface area contributed by atoms with Gasteiger partial charge in [0.05, 0.1) is 15.5 Å². The van der Waals surface area contributed by atoms with Crippen LogP contribution in [-0.4, -0.2) is 36.6 Å². The Kier molecular flexibility index (Phi) is 6.84. The Morgan fingerprint density at radius 1 is 1.10 bits per heavy atom. The normalized spacial score (nSPS) is 15.0. The molecule has 1 heterocycles. The Labute approximate surface area is 176 Å². The van der Waals surface area contributed by atoms with Gasteiger partial charge in [-0.2, -0.15) is 4.31 Å². The minimum Gasteiger partial charge on any atom is -0.326 e. The number of sulfonamides is 1. The number of nitro benzene ring substituents is 1. The number of carbonyl (C=O) groups excluding carboxylic acids is 1. The first-order valence-corrected chi connectivity index (χ1v) is 11.4. The van der Waals surface area contributed by atoms with E-state index in [2.05, 4.69) is 5.32 Å². The number of hydrogen-bond acceptors (Lipinski definition) is 5. The average Bonchev–Trinajstić information content (AvgIpc) is 2.74. The zero-order valence-electron chi connectivity index (χ0n) is 16.8. The lowest BCUT2D eigenvalue weighted by Gasteiger charge is -2.25. The molecule has 0 aromatic heterocycles. The number of nitrogens with one attached hydrogen (secondary N) is 1. The fourth-order valence-electron chi connectivity index (χ4n) is 3.41. The van der Waals surface area contributed by atoms with Gasteiger partial charge in [0.15, 0.2) is 0 Å². The van der Waals surface area contributed by atoms with Crippen molar-refractivity contribution in [2.45, 2.75) is 43.9 Å². The van der Waals surface area contributed by atoms with Gasteiger partial charge in [0.1, 0.15) is 0 Å². The number of rotatable bonds is 7. The van der Waals surface area contributed by atoms with Crippen molar-refractivity contribution in [3.05, 3.63) is 63.7 Å². The van der Waals surface area contributed by atoms with E-state index >= 15 is 0 Å². The van der Waals surface area contributed by atoms with E-state index in [4.69, 9.17) is 0 Å². The van der Waals surface area contributed by atoms with Gasteiger partial charge in [0.2, 0.25) is 15.9 Å². The van der Waals surface area contributed by atoms with Crippen molar-refractivity contribution in [3.63, 3.8) is 0 Å². The van der Waals surface area contributed by atoms with Crippen molar-refractivity contribution in [2.75, 3.05) is 18.4 Å². The highest BCUT2D eigenvalue weighted by Gasteiger charge is 2.25. The number of aryl methyl sites for hydroxylation is 2. The van der Waals surface area contributed by atoms with Crippen LogP contribution >= 0.6 is 0 Å². The molecule has 1 aliphatic heterocycles. The fraction of sp³-hybridized carbons (Fsp3) is 0.381. The van der Waals surface area contributed by atoms with Crippen LogP contribution in [0.25, 0.3) is 0 Å². The van der Waals surface area contributed by atoms with Gasteiger partial charge in [0, 0.05) is 31.6 Å². The molecule has 0 unspecified atom stereocenters. The van der Waals surface area contributed by atoms with Gasteiger partial charge in [-0.15, -0.1) is 0 Å². The Morgan fingerprint density at radius 3 is 2.40 bits per heavy atom. The van der Waals surface area contributed by atoms with Gasteiger partial charge in [-0.1, -0.05) is 24.6 Å². The third-order valence-corrected chi connectivity index (χ3v) is 7.14. The summed E-state index contributed by atoms with van der Waals surface area (Å²) in [4.78, 5) is 22.9. The molecule has 1 fully saturated rings. The number of nitro groups is 1. The van der Waals surface area contributed by atoms with Gasteiger partial charge in [-0.25, -0.2) is 8.42 Å². The molecule has 1 saturated heterocycles. The molecule has 2 aromatic rings. The molecule has 1 aliphatic rings. The second kappa shape index (κ2) is 9.36. The van der Waals surface area contributed by atoms with Crippen molar-refractivity contribution in [1.82, 2.24) is 4.31 Å². The van der Waals surface area contributed by atoms with Crippen LogP contribution in [0.4, 0.5) is 11.4 Å². The zero-order chi connectivity index (χ0) is 21.7. The van der Waals surface area contributed by atoms with E-state index in [-0.39, 0.29) is 22.9 Å². The van der Waals surface area contributed by atoms with Gasteiger partial charge in [0.25, 0.3) is 5.69 Å². The number of nitrogens with zero attached hydrogens (tertiary/aromatic N) is 2. The molecule has 0 radical (unpaired) electrons. The summed E-state index contributed by atoms with van der Waals surface area (Å²) in [6.07, 6.45) is 3.44. The molecular formula is C21H25N3O5S. The molecule has 0 bridgehead atoms. The lowest BCUT2D eigenvalue weighted by molar-refractivity contribution is -0.384. The van der Waals surface area contributed by atoms with Gasteiger partial charge >= 0.3 is 0 Å². The molecule has 0 saturated carbocycles. The molecule has 0 spiro atoms. The second-order valence-corrected chi connectivity index (χ2v) is 9.35. The van der Waals surface area contributed by atoms with Crippen molar-refractivity contribution in [3.8, 4) is 0 Å². The lowest BCUT2D eigenvalue weighted by Crippen LogP contribution is -2.35. The maximum Gasteiger partial charge on any atom is 0.271 e. The van der Waals surface area contributed by atoms with Crippen molar-refractivity contribution >= 4 is 27.3 Å². The summed E-state index contributed by atoms with van der Waals surface area (Å²) in [6, 6.07) is 10.9. The van der Waals surface area contributed by atoms with E-state index < -0.39 is 14.9 Å². The number of amides is 1. The van der Waals surface area contributed by atoms with Crippen LogP contribution in [-0.2, 0) is 21.2 Å². The molecule has 8 nitrogen and oxygen atoms in total. The van der Waals surface area contributed by atoms with E-state index in [9.17, 15) is 23.3 Å². The summed E-state index contributed by atoms with van der Waals surface area (Å²) in [6.45, 7) is 2.88. The van der Waals surface area contributed by atoms with Gasteiger partial charge in [-0.05, 0) is 49.4 Å². The Hall–Kier alpha value is -2.78. The first-order chi connectivity index (χ1) is 14.3. The van der Waals surface area contributed by atoms with E-state index in [0.717, 1.165) is 30.4 Å². The first kappa shape index (κ1) is 21.9. The molecule has 3 rings (SSSR count). The van der Waals surface area contributed by atoms with E-state index in [1.54, 1.807) is 37.3 Å². The predicted octanol–water partition coefficient (Wildman–Crippen LogP) is 3.65. The summed E-state index contributed by atoms with van der Waals surface area (Å²) in [5.74, 6) is -0.261. The van der Waals surface area contributed by atoms with Crippen LogP contribution in [0.15, 0.2) is 47.4 Å². The largest absolute Gasteiger partial charge is 0.326 e. The summed E-state index contributed by atoms with van der Waals surface area (Å²) in [5.41, 5.74) is 1.92. The van der Waals surface area contributed by atoms with Crippen molar-refractivity contribution < 1.29 is 18.1 Å². The molecule has 160 valence electrons. The standard InChI is InChI=1S/C21H25N3O5S/c1-16-5-9-18(24(26)27)15-20(16)22-21(25)12-8-17-6-10-19(11-7-17)30(28,29)23-13-3-2-4-14-23/h5-7,9-11,15H,2-4,8,12-14H2,1H3,(H,22,25). The topological polar surface area (TPSA) is 110 Å². The number of non-ortho nitro benzene ring substituents is 1. The quantitative estimate of drug-likeness (QED) is 0.531. The Bertz CT molecular complexity index is 1030. The third-order valence-electron chi connectivity index (χ3n) is 5.22. The van der Waals surface area contributed by atoms with Crippen molar-refractivity contribution in [2.24, 2.45) is 0 Å². The minimum atomic E-state index is -3.47. The zero-order valence-corrected chi connectivity index (χ0v) is 17.7.